The molecule has 0 bridgehead atoms. The number of morpholine rings is 1. The number of alkyl halides is 2. The molecular formula is C20H30F2N4O4. The zero-order valence-electron chi connectivity index (χ0n) is 17.3. The monoisotopic (exact) mass is 428 g/mol. The fourth-order valence-corrected chi connectivity index (χ4v) is 3.29. The van der Waals surface area contributed by atoms with Crippen molar-refractivity contribution in [2.24, 2.45) is 4.99 Å². The van der Waals surface area contributed by atoms with Crippen LogP contribution >= 0.6 is 0 Å². The molecule has 30 heavy (non-hydrogen) atoms. The molecule has 0 unspecified atom stereocenters. The predicted octanol–water partition coefficient (Wildman–Crippen LogP) is 2.18. The molecule has 168 valence electrons. The van der Waals surface area contributed by atoms with Gasteiger partial charge in [-0.15, -0.1) is 0 Å². The van der Waals surface area contributed by atoms with Crippen LogP contribution in [0.15, 0.2) is 17.1 Å². The Morgan fingerprint density at radius 2 is 1.93 bits per heavy atom. The molecule has 1 fully saturated rings. The molecule has 2 aliphatic rings. The number of aliphatic imine (C=N–C) groups is 1. The number of unbranched alkanes of at least 4 members (excludes halogenated alkanes) is 1. The van der Waals surface area contributed by atoms with Crippen LogP contribution in [0.2, 0.25) is 0 Å². The minimum absolute atomic E-state index is 0.0411. The van der Waals surface area contributed by atoms with Crippen molar-refractivity contribution in [3.63, 3.8) is 0 Å². The number of halogens is 2. The SMILES string of the molecule is CCNC(=NCc1cc2c(cc1OC(F)F)OCO2)NCCCCN1CCOCC1. The summed E-state index contributed by atoms with van der Waals surface area (Å²) in [5.74, 6) is 1.57. The van der Waals surface area contributed by atoms with Crippen LogP contribution in [0.3, 0.4) is 0 Å². The standard InChI is InChI=1S/C20H30F2N4O4/c1-2-23-20(24-5-3-4-6-26-7-9-27-10-8-26)25-13-15-11-17-18(29-14-28-17)12-16(15)30-19(21)22/h11-12,19H,2-10,13-14H2,1H3,(H2,23,24,25). The molecule has 10 heteroatoms. The lowest BCUT2D eigenvalue weighted by Crippen LogP contribution is -2.39. The van der Waals surface area contributed by atoms with E-state index < -0.39 is 6.61 Å². The van der Waals surface area contributed by atoms with Gasteiger partial charge in [-0.2, -0.15) is 8.78 Å². The van der Waals surface area contributed by atoms with Crippen molar-refractivity contribution < 1.29 is 27.7 Å². The number of rotatable bonds is 10. The van der Waals surface area contributed by atoms with Crippen LogP contribution in [0.5, 0.6) is 17.2 Å². The number of hydrogen-bond acceptors (Lipinski definition) is 6. The van der Waals surface area contributed by atoms with Crippen LogP contribution < -0.4 is 24.8 Å². The summed E-state index contributed by atoms with van der Waals surface area (Å²) in [4.78, 5) is 6.92. The molecule has 0 atom stereocenters. The number of nitrogens with zero attached hydrogens (tertiary/aromatic N) is 2. The molecule has 2 heterocycles. The molecule has 0 saturated carbocycles. The Labute approximate surface area is 175 Å². The number of guanidine groups is 1. The number of ether oxygens (including phenoxy) is 4. The van der Waals surface area contributed by atoms with Crippen LogP contribution in [-0.2, 0) is 11.3 Å². The van der Waals surface area contributed by atoms with E-state index in [9.17, 15) is 8.78 Å². The van der Waals surface area contributed by atoms with Gasteiger partial charge in [-0.3, -0.25) is 4.90 Å². The van der Waals surface area contributed by atoms with Crippen molar-refractivity contribution >= 4 is 5.96 Å². The second-order valence-electron chi connectivity index (χ2n) is 6.97. The third-order valence-electron chi connectivity index (χ3n) is 4.82. The van der Waals surface area contributed by atoms with Gasteiger partial charge in [0.05, 0.1) is 19.8 Å². The predicted molar refractivity (Wildman–Crippen MR) is 109 cm³/mol. The number of benzene rings is 1. The molecule has 3 rings (SSSR count). The molecule has 0 aromatic heterocycles. The van der Waals surface area contributed by atoms with Crippen molar-refractivity contribution in [2.45, 2.75) is 32.9 Å². The summed E-state index contributed by atoms with van der Waals surface area (Å²) >= 11 is 0. The van der Waals surface area contributed by atoms with E-state index in [1.165, 1.54) is 6.07 Å². The van der Waals surface area contributed by atoms with Gasteiger partial charge in [0.1, 0.15) is 5.75 Å². The quantitative estimate of drug-likeness (QED) is 0.336. The maximum absolute atomic E-state index is 12.8. The highest BCUT2D eigenvalue weighted by molar-refractivity contribution is 5.79. The van der Waals surface area contributed by atoms with Gasteiger partial charge < -0.3 is 29.6 Å². The first-order valence-electron chi connectivity index (χ1n) is 10.4. The van der Waals surface area contributed by atoms with Gasteiger partial charge in [0.25, 0.3) is 0 Å². The van der Waals surface area contributed by atoms with Gasteiger partial charge in [-0.05, 0) is 32.4 Å². The molecule has 0 radical (unpaired) electrons. The van der Waals surface area contributed by atoms with Crippen molar-refractivity contribution in [1.82, 2.24) is 15.5 Å². The van der Waals surface area contributed by atoms with Crippen molar-refractivity contribution in [1.29, 1.82) is 0 Å². The Balaban J connectivity index is 1.52. The highest BCUT2D eigenvalue weighted by Crippen LogP contribution is 2.39. The summed E-state index contributed by atoms with van der Waals surface area (Å²) in [6.45, 7) is 5.42. The highest BCUT2D eigenvalue weighted by Gasteiger charge is 2.20. The minimum Gasteiger partial charge on any atom is -0.454 e. The maximum atomic E-state index is 12.8. The summed E-state index contributed by atoms with van der Waals surface area (Å²) in [5, 5.41) is 6.46. The Morgan fingerprint density at radius 1 is 1.17 bits per heavy atom. The molecule has 1 aromatic rings. The number of nitrogens with one attached hydrogen (secondary N) is 2. The first-order chi connectivity index (χ1) is 14.7. The fourth-order valence-electron chi connectivity index (χ4n) is 3.29. The summed E-state index contributed by atoms with van der Waals surface area (Å²) in [6, 6.07) is 3.06. The lowest BCUT2D eigenvalue weighted by Gasteiger charge is -2.26. The summed E-state index contributed by atoms with van der Waals surface area (Å²) in [5.41, 5.74) is 0.504. The number of fused-ring (bicyclic) bond motifs is 1. The van der Waals surface area contributed by atoms with Gasteiger partial charge in [0, 0.05) is 37.8 Å². The van der Waals surface area contributed by atoms with Crippen LogP contribution in [0.25, 0.3) is 0 Å². The highest BCUT2D eigenvalue weighted by atomic mass is 19.3. The van der Waals surface area contributed by atoms with Gasteiger partial charge in [-0.25, -0.2) is 4.99 Å². The van der Waals surface area contributed by atoms with E-state index in [0.29, 0.717) is 29.6 Å². The fraction of sp³-hybridized carbons (Fsp3) is 0.650. The minimum atomic E-state index is -2.93. The second-order valence-corrected chi connectivity index (χ2v) is 6.97. The van der Waals surface area contributed by atoms with Crippen LogP contribution in [0.1, 0.15) is 25.3 Å². The van der Waals surface area contributed by atoms with E-state index in [1.807, 2.05) is 6.92 Å². The number of hydrogen-bond donors (Lipinski definition) is 2. The second kappa shape index (κ2) is 11.8. The Morgan fingerprint density at radius 3 is 2.67 bits per heavy atom. The average Bonchev–Trinajstić information content (AvgIpc) is 3.19. The Kier molecular flexibility index (Phi) is 8.76. The van der Waals surface area contributed by atoms with Crippen molar-refractivity contribution in [3.8, 4) is 17.2 Å². The zero-order valence-corrected chi connectivity index (χ0v) is 17.3. The summed E-state index contributed by atoms with van der Waals surface area (Å²) in [6.07, 6.45) is 2.09. The molecule has 1 aromatic carbocycles. The molecule has 8 nitrogen and oxygen atoms in total. The smallest absolute Gasteiger partial charge is 0.387 e. The first-order valence-corrected chi connectivity index (χ1v) is 10.4. The van der Waals surface area contributed by atoms with Gasteiger partial charge in [-0.1, -0.05) is 0 Å². The van der Waals surface area contributed by atoms with Gasteiger partial charge >= 0.3 is 6.61 Å². The largest absolute Gasteiger partial charge is 0.454 e. The van der Waals surface area contributed by atoms with Gasteiger partial charge in [0.2, 0.25) is 6.79 Å². The normalized spacial score (nSPS) is 16.7. The lowest BCUT2D eigenvalue weighted by molar-refractivity contribution is -0.0505. The van der Waals surface area contributed by atoms with E-state index in [2.05, 4.69) is 25.3 Å². The molecule has 1 saturated heterocycles. The van der Waals surface area contributed by atoms with Crippen LogP contribution in [-0.4, -0.2) is 70.2 Å². The molecule has 0 spiro atoms. The molecule has 2 aliphatic heterocycles. The zero-order chi connectivity index (χ0) is 21.2. The summed E-state index contributed by atoms with van der Waals surface area (Å²) < 4.78 is 46.1. The average molecular weight is 428 g/mol. The van der Waals surface area contributed by atoms with Crippen LogP contribution in [0.4, 0.5) is 8.78 Å². The molecular weight excluding hydrogens is 398 g/mol. The van der Waals surface area contributed by atoms with Crippen LogP contribution in [0, 0.1) is 0 Å². The molecule has 0 amide bonds. The topological polar surface area (TPSA) is 76.6 Å². The van der Waals surface area contributed by atoms with Crippen molar-refractivity contribution in [3.05, 3.63) is 17.7 Å². The molecule has 0 aliphatic carbocycles. The van der Waals surface area contributed by atoms with Gasteiger partial charge in [0.15, 0.2) is 17.5 Å². The lowest BCUT2D eigenvalue weighted by atomic mass is 10.1. The third-order valence-corrected chi connectivity index (χ3v) is 4.82. The first kappa shape index (κ1) is 22.4. The Hall–Kier alpha value is -2.33. The van der Waals surface area contributed by atoms with E-state index >= 15 is 0 Å². The van der Waals surface area contributed by atoms with Crippen molar-refractivity contribution in [2.75, 3.05) is 52.7 Å². The van der Waals surface area contributed by atoms with E-state index in [0.717, 1.165) is 52.2 Å². The van der Waals surface area contributed by atoms with E-state index in [4.69, 9.17) is 14.2 Å². The third kappa shape index (κ3) is 6.88. The maximum Gasteiger partial charge on any atom is 0.387 e. The van der Waals surface area contributed by atoms with E-state index in [1.54, 1.807) is 6.07 Å². The Bertz CT molecular complexity index is 700. The summed E-state index contributed by atoms with van der Waals surface area (Å²) in [7, 11) is 0. The molecule has 2 N–H and O–H groups in total. The van der Waals surface area contributed by atoms with E-state index in [-0.39, 0.29) is 19.1 Å².